The van der Waals surface area contributed by atoms with Gasteiger partial charge in [-0.1, -0.05) is 18.2 Å². The topological polar surface area (TPSA) is 84.7 Å². The molecule has 0 N–H and O–H groups in total. The zero-order chi connectivity index (χ0) is 20.8. The highest BCUT2D eigenvalue weighted by Gasteiger charge is 2.32. The number of aromatic nitrogens is 2. The number of carbonyl (C=O) groups is 3. The maximum Gasteiger partial charge on any atom is 0.305 e. The number of methoxy groups -OCH3 is 1. The SMILES string of the molecule is COC(=O)CCCCC(=O)N1CCCN1C(=O)c1cnn(-c2ccccc2)c1C. The number of hydrogen-bond donors (Lipinski definition) is 0. The van der Waals surface area contributed by atoms with Crippen LogP contribution >= 0.6 is 0 Å². The number of para-hydroxylation sites is 1. The molecule has 1 aliphatic heterocycles. The number of rotatable bonds is 7. The molecule has 0 aliphatic carbocycles. The van der Waals surface area contributed by atoms with Gasteiger partial charge in [0.25, 0.3) is 5.91 Å². The van der Waals surface area contributed by atoms with Crippen molar-refractivity contribution in [2.24, 2.45) is 0 Å². The zero-order valence-electron chi connectivity index (χ0n) is 16.8. The lowest BCUT2D eigenvalue weighted by atomic mass is 10.2. The number of benzene rings is 1. The Bertz CT molecular complexity index is 878. The van der Waals surface area contributed by atoms with Gasteiger partial charge < -0.3 is 4.74 Å². The molecule has 2 heterocycles. The number of hydrogen-bond acceptors (Lipinski definition) is 5. The minimum absolute atomic E-state index is 0.103. The molecule has 8 nitrogen and oxygen atoms in total. The van der Waals surface area contributed by atoms with Gasteiger partial charge in [0.05, 0.1) is 30.3 Å². The summed E-state index contributed by atoms with van der Waals surface area (Å²) in [5.41, 5.74) is 2.10. The fourth-order valence-corrected chi connectivity index (χ4v) is 3.45. The van der Waals surface area contributed by atoms with Crippen molar-refractivity contribution in [2.75, 3.05) is 20.2 Å². The molecule has 2 amide bonds. The van der Waals surface area contributed by atoms with Gasteiger partial charge >= 0.3 is 5.97 Å². The largest absolute Gasteiger partial charge is 0.469 e. The molecule has 0 bridgehead atoms. The van der Waals surface area contributed by atoms with Gasteiger partial charge in [0.15, 0.2) is 0 Å². The van der Waals surface area contributed by atoms with Crippen LogP contribution in [0.4, 0.5) is 0 Å². The monoisotopic (exact) mass is 398 g/mol. The van der Waals surface area contributed by atoms with Crippen LogP contribution in [-0.2, 0) is 14.3 Å². The van der Waals surface area contributed by atoms with Crippen LogP contribution in [0.3, 0.4) is 0 Å². The molecule has 0 atom stereocenters. The summed E-state index contributed by atoms with van der Waals surface area (Å²) in [5.74, 6) is -0.597. The van der Waals surface area contributed by atoms with Gasteiger partial charge in [0.1, 0.15) is 0 Å². The molecule has 1 aromatic heterocycles. The van der Waals surface area contributed by atoms with E-state index in [9.17, 15) is 14.4 Å². The second-order valence-corrected chi connectivity index (χ2v) is 6.97. The molecule has 0 spiro atoms. The van der Waals surface area contributed by atoms with E-state index in [1.165, 1.54) is 17.1 Å². The van der Waals surface area contributed by atoms with Crippen molar-refractivity contribution < 1.29 is 19.1 Å². The van der Waals surface area contributed by atoms with E-state index in [0.29, 0.717) is 44.3 Å². The lowest BCUT2D eigenvalue weighted by Crippen LogP contribution is -2.44. The maximum absolute atomic E-state index is 13.1. The summed E-state index contributed by atoms with van der Waals surface area (Å²) in [6.07, 6.45) is 4.06. The maximum atomic E-state index is 13.1. The van der Waals surface area contributed by atoms with Crippen molar-refractivity contribution in [3.63, 3.8) is 0 Å². The minimum atomic E-state index is -0.277. The molecule has 0 radical (unpaired) electrons. The Morgan fingerprint density at radius 3 is 2.45 bits per heavy atom. The standard InChI is InChI=1S/C21H26N4O4/c1-16-18(15-22-25(16)17-9-4-3-5-10-17)21(28)24-14-8-13-23(24)19(26)11-6-7-12-20(27)29-2/h3-5,9-10,15H,6-8,11-14H2,1-2H3. The van der Waals surface area contributed by atoms with E-state index < -0.39 is 0 Å². The Hall–Kier alpha value is -3.16. The van der Waals surface area contributed by atoms with Crippen LogP contribution in [0.15, 0.2) is 36.5 Å². The molecular weight excluding hydrogens is 372 g/mol. The van der Waals surface area contributed by atoms with Crippen LogP contribution in [-0.4, -0.2) is 57.8 Å². The third kappa shape index (κ3) is 4.64. The van der Waals surface area contributed by atoms with Crippen LogP contribution < -0.4 is 0 Å². The zero-order valence-corrected chi connectivity index (χ0v) is 16.8. The number of unbranched alkanes of at least 4 members (excludes halogenated alkanes) is 1. The number of hydrazine groups is 1. The van der Waals surface area contributed by atoms with Crippen molar-refractivity contribution in [3.8, 4) is 5.69 Å². The van der Waals surface area contributed by atoms with E-state index in [4.69, 9.17) is 0 Å². The van der Waals surface area contributed by atoms with Crippen LogP contribution in [0.1, 0.15) is 48.2 Å². The summed E-state index contributed by atoms with van der Waals surface area (Å²) in [5, 5.41) is 7.40. The first-order chi connectivity index (χ1) is 14.0. The van der Waals surface area contributed by atoms with Gasteiger partial charge in [-0.25, -0.2) is 9.69 Å². The minimum Gasteiger partial charge on any atom is -0.469 e. The van der Waals surface area contributed by atoms with Crippen LogP contribution in [0.5, 0.6) is 0 Å². The highest BCUT2D eigenvalue weighted by molar-refractivity contribution is 5.96. The molecule has 1 saturated heterocycles. The van der Waals surface area contributed by atoms with Crippen LogP contribution in [0, 0.1) is 6.92 Å². The molecule has 2 aromatic rings. The first kappa shape index (κ1) is 20.6. The normalized spacial score (nSPS) is 13.6. The second-order valence-electron chi connectivity index (χ2n) is 6.97. The summed E-state index contributed by atoms with van der Waals surface area (Å²) in [7, 11) is 1.35. The first-order valence-corrected chi connectivity index (χ1v) is 9.82. The average Bonchev–Trinajstić information content (AvgIpc) is 3.38. The first-order valence-electron chi connectivity index (χ1n) is 9.82. The van der Waals surface area contributed by atoms with E-state index >= 15 is 0 Å². The highest BCUT2D eigenvalue weighted by Crippen LogP contribution is 2.20. The lowest BCUT2D eigenvalue weighted by molar-refractivity contribution is -0.142. The third-order valence-electron chi connectivity index (χ3n) is 5.04. The molecule has 1 aliphatic rings. The van der Waals surface area contributed by atoms with Gasteiger partial charge in [-0.2, -0.15) is 5.10 Å². The molecule has 154 valence electrons. The lowest BCUT2D eigenvalue weighted by Gasteiger charge is -2.28. The third-order valence-corrected chi connectivity index (χ3v) is 5.04. The van der Waals surface area contributed by atoms with Crippen LogP contribution in [0.2, 0.25) is 0 Å². The number of esters is 1. The number of nitrogens with zero attached hydrogens (tertiary/aromatic N) is 4. The van der Waals surface area contributed by atoms with Crippen molar-refractivity contribution >= 4 is 17.8 Å². The number of carbonyl (C=O) groups excluding carboxylic acids is 3. The van der Waals surface area contributed by atoms with Gasteiger partial charge in [0, 0.05) is 25.9 Å². The van der Waals surface area contributed by atoms with E-state index in [2.05, 4.69) is 9.84 Å². The Kier molecular flexibility index (Phi) is 6.64. The predicted molar refractivity (Wildman–Crippen MR) is 106 cm³/mol. The van der Waals surface area contributed by atoms with Gasteiger partial charge in [-0.15, -0.1) is 0 Å². The Labute approximate surface area is 170 Å². The molecule has 1 aromatic carbocycles. The van der Waals surface area contributed by atoms with E-state index in [1.54, 1.807) is 10.9 Å². The van der Waals surface area contributed by atoms with Crippen molar-refractivity contribution in [2.45, 2.75) is 39.0 Å². The molecule has 3 rings (SSSR count). The molecule has 29 heavy (non-hydrogen) atoms. The predicted octanol–water partition coefficient (Wildman–Crippen LogP) is 2.50. The van der Waals surface area contributed by atoms with E-state index in [1.807, 2.05) is 37.3 Å². The summed E-state index contributed by atoms with van der Waals surface area (Å²) >= 11 is 0. The van der Waals surface area contributed by atoms with Crippen molar-refractivity contribution in [1.82, 2.24) is 19.8 Å². The second kappa shape index (κ2) is 9.36. The van der Waals surface area contributed by atoms with Gasteiger partial charge in [-0.3, -0.25) is 19.4 Å². The number of amides is 2. The molecule has 1 fully saturated rings. The van der Waals surface area contributed by atoms with E-state index in [-0.39, 0.29) is 17.8 Å². The van der Waals surface area contributed by atoms with Crippen LogP contribution in [0.25, 0.3) is 5.69 Å². The molecule has 0 saturated carbocycles. The molecule has 0 unspecified atom stereocenters. The summed E-state index contributed by atoms with van der Waals surface area (Å²) in [4.78, 5) is 36.9. The Morgan fingerprint density at radius 1 is 1.03 bits per heavy atom. The van der Waals surface area contributed by atoms with Gasteiger partial charge in [-0.05, 0) is 38.3 Å². The van der Waals surface area contributed by atoms with Crippen molar-refractivity contribution in [1.29, 1.82) is 0 Å². The molecule has 8 heteroatoms. The smallest absolute Gasteiger partial charge is 0.305 e. The Balaban J connectivity index is 1.65. The number of ether oxygens (including phenoxy) is 1. The molecular formula is C21H26N4O4. The summed E-state index contributed by atoms with van der Waals surface area (Å²) < 4.78 is 6.33. The highest BCUT2D eigenvalue weighted by atomic mass is 16.5. The van der Waals surface area contributed by atoms with Gasteiger partial charge in [0.2, 0.25) is 5.91 Å². The quantitative estimate of drug-likeness (QED) is 0.528. The van der Waals surface area contributed by atoms with E-state index in [0.717, 1.165) is 17.8 Å². The van der Waals surface area contributed by atoms with Crippen molar-refractivity contribution in [3.05, 3.63) is 47.8 Å². The Morgan fingerprint density at radius 2 is 1.72 bits per heavy atom. The summed E-state index contributed by atoms with van der Waals surface area (Å²) in [6.45, 7) is 2.87. The summed E-state index contributed by atoms with van der Waals surface area (Å²) in [6, 6.07) is 9.61. The fourth-order valence-electron chi connectivity index (χ4n) is 3.45. The fraction of sp³-hybridized carbons (Fsp3) is 0.429. The average molecular weight is 398 g/mol.